The van der Waals surface area contributed by atoms with E-state index >= 15 is 0 Å². The van der Waals surface area contributed by atoms with Gasteiger partial charge in [0.1, 0.15) is 0 Å². The van der Waals surface area contributed by atoms with E-state index in [-0.39, 0.29) is 0 Å². The summed E-state index contributed by atoms with van der Waals surface area (Å²) in [5, 5.41) is 3.78. The minimum atomic E-state index is 0.836. The monoisotopic (exact) mass is 280 g/mol. The van der Waals surface area contributed by atoms with Crippen LogP contribution in [0.1, 0.15) is 84.5 Å². The normalized spacial score (nSPS) is 29.2. The minimum absolute atomic E-state index is 0.836. The fourth-order valence-electron chi connectivity index (χ4n) is 4.18. The van der Waals surface area contributed by atoms with E-state index in [1.165, 1.54) is 83.7 Å². The average molecular weight is 280 g/mol. The first-order chi connectivity index (χ1) is 9.83. The van der Waals surface area contributed by atoms with Crippen molar-refractivity contribution in [2.45, 2.75) is 103 Å². The lowest BCUT2D eigenvalue weighted by atomic mass is 9.97. The van der Waals surface area contributed by atoms with Crippen LogP contribution in [-0.2, 0) is 0 Å². The number of unbranched alkanes of at least 4 members (excludes halogenated alkanes) is 5. The van der Waals surface area contributed by atoms with Crippen molar-refractivity contribution in [3.63, 3.8) is 0 Å². The second-order valence-corrected chi connectivity index (χ2v) is 7.07. The van der Waals surface area contributed by atoms with Crippen molar-refractivity contribution in [2.75, 3.05) is 13.1 Å². The van der Waals surface area contributed by atoms with Crippen molar-refractivity contribution in [1.29, 1.82) is 0 Å². The lowest BCUT2D eigenvalue weighted by molar-refractivity contribution is 0.138. The molecule has 0 saturated carbocycles. The molecule has 2 fully saturated rings. The molecule has 2 nitrogen and oxygen atoms in total. The van der Waals surface area contributed by atoms with Gasteiger partial charge < -0.3 is 10.2 Å². The Hall–Kier alpha value is -0.0800. The summed E-state index contributed by atoms with van der Waals surface area (Å²) >= 11 is 0. The lowest BCUT2D eigenvalue weighted by Crippen LogP contribution is -2.48. The van der Waals surface area contributed by atoms with Gasteiger partial charge in [-0.15, -0.1) is 0 Å². The molecule has 2 aliphatic heterocycles. The van der Waals surface area contributed by atoms with E-state index in [0.29, 0.717) is 0 Å². The maximum Gasteiger partial charge on any atom is 0.0125 e. The molecule has 0 amide bonds. The topological polar surface area (TPSA) is 15.3 Å². The first-order valence-electron chi connectivity index (χ1n) is 9.33. The van der Waals surface area contributed by atoms with Crippen LogP contribution in [0.25, 0.3) is 0 Å². The number of piperidine rings is 1. The van der Waals surface area contributed by atoms with Crippen molar-refractivity contribution in [2.24, 2.45) is 0 Å². The molecule has 2 atom stereocenters. The van der Waals surface area contributed by atoms with Gasteiger partial charge in [0, 0.05) is 18.1 Å². The Morgan fingerprint density at radius 2 is 1.45 bits per heavy atom. The zero-order chi connectivity index (χ0) is 14.2. The molecule has 0 radical (unpaired) electrons. The van der Waals surface area contributed by atoms with E-state index in [9.17, 15) is 0 Å². The highest BCUT2D eigenvalue weighted by atomic mass is 15.2. The molecule has 2 unspecified atom stereocenters. The molecule has 0 aromatic carbocycles. The largest absolute Gasteiger partial charge is 0.311 e. The predicted octanol–water partition coefficient (Wildman–Crippen LogP) is 4.34. The van der Waals surface area contributed by atoms with Crippen molar-refractivity contribution < 1.29 is 0 Å². The first-order valence-corrected chi connectivity index (χ1v) is 9.33. The zero-order valence-electron chi connectivity index (χ0n) is 13.9. The predicted molar refractivity (Wildman–Crippen MR) is 88.2 cm³/mol. The molecule has 2 bridgehead atoms. The van der Waals surface area contributed by atoms with Crippen LogP contribution in [0, 0.1) is 0 Å². The summed E-state index contributed by atoms with van der Waals surface area (Å²) in [7, 11) is 0. The van der Waals surface area contributed by atoms with Crippen molar-refractivity contribution in [1.82, 2.24) is 10.2 Å². The molecule has 0 aromatic rings. The second-order valence-electron chi connectivity index (χ2n) is 7.07. The Kier molecular flexibility index (Phi) is 7.37. The van der Waals surface area contributed by atoms with Crippen LogP contribution in [0.2, 0.25) is 0 Å². The van der Waals surface area contributed by atoms with Crippen LogP contribution >= 0.6 is 0 Å². The lowest BCUT2D eigenvalue weighted by Gasteiger charge is -2.38. The second kappa shape index (κ2) is 9.04. The van der Waals surface area contributed by atoms with Gasteiger partial charge in [-0.1, -0.05) is 46.0 Å². The van der Waals surface area contributed by atoms with Crippen LogP contribution in [0.15, 0.2) is 0 Å². The molecule has 2 rings (SSSR count). The van der Waals surface area contributed by atoms with E-state index in [4.69, 9.17) is 0 Å². The highest BCUT2D eigenvalue weighted by molar-refractivity contribution is 4.95. The molecule has 2 heteroatoms. The summed E-state index contributed by atoms with van der Waals surface area (Å²) in [4.78, 5) is 2.83. The quantitative estimate of drug-likeness (QED) is 0.599. The van der Waals surface area contributed by atoms with Gasteiger partial charge in [0.25, 0.3) is 0 Å². The Morgan fingerprint density at radius 3 is 2.10 bits per heavy atom. The van der Waals surface area contributed by atoms with Gasteiger partial charge in [-0.3, -0.25) is 0 Å². The third-order valence-corrected chi connectivity index (χ3v) is 5.27. The van der Waals surface area contributed by atoms with E-state index in [2.05, 4.69) is 24.1 Å². The average Bonchev–Trinajstić information content (AvgIpc) is 2.80. The Bertz CT molecular complexity index is 242. The highest BCUT2D eigenvalue weighted by Gasteiger charge is 2.35. The van der Waals surface area contributed by atoms with Gasteiger partial charge in [-0.05, 0) is 51.6 Å². The van der Waals surface area contributed by atoms with Gasteiger partial charge >= 0.3 is 0 Å². The number of nitrogens with one attached hydrogen (secondary N) is 1. The van der Waals surface area contributed by atoms with Gasteiger partial charge in [0.05, 0.1) is 0 Å². The van der Waals surface area contributed by atoms with Gasteiger partial charge in [0.15, 0.2) is 0 Å². The summed E-state index contributed by atoms with van der Waals surface area (Å²) in [5.41, 5.74) is 0. The van der Waals surface area contributed by atoms with Crippen LogP contribution < -0.4 is 5.32 Å². The molecular formula is C18H36N2. The summed E-state index contributed by atoms with van der Waals surface area (Å²) in [6, 6.07) is 2.55. The van der Waals surface area contributed by atoms with E-state index in [1.807, 2.05) is 0 Å². The third-order valence-electron chi connectivity index (χ3n) is 5.27. The van der Waals surface area contributed by atoms with Crippen molar-refractivity contribution >= 4 is 0 Å². The Balaban J connectivity index is 1.67. The number of hydrogen-bond donors (Lipinski definition) is 1. The minimum Gasteiger partial charge on any atom is -0.311 e. The summed E-state index contributed by atoms with van der Waals surface area (Å²) in [5.74, 6) is 0. The number of rotatable bonds is 10. The molecular weight excluding hydrogens is 244 g/mol. The summed E-state index contributed by atoms with van der Waals surface area (Å²) in [6.45, 7) is 7.31. The Labute approximate surface area is 126 Å². The smallest absolute Gasteiger partial charge is 0.0125 e. The first kappa shape index (κ1) is 16.3. The fourth-order valence-corrected chi connectivity index (χ4v) is 4.18. The van der Waals surface area contributed by atoms with Gasteiger partial charge in [-0.2, -0.15) is 0 Å². The molecule has 0 spiro atoms. The Morgan fingerprint density at radius 1 is 0.800 bits per heavy atom. The van der Waals surface area contributed by atoms with Crippen LogP contribution in [0.5, 0.6) is 0 Å². The SMILES string of the molecule is CCCCCCCCN(CCC)C1CC2CCC(C1)N2. The maximum absolute atomic E-state index is 3.78. The standard InChI is InChI=1S/C18H36N2/c1-3-5-6-7-8-9-13-20(12-4-2)18-14-16-10-11-17(15-18)19-16/h16-19H,3-15H2,1-2H3. The molecule has 118 valence electrons. The molecule has 20 heavy (non-hydrogen) atoms. The zero-order valence-corrected chi connectivity index (χ0v) is 13.9. The van der Waals surface area contributed by atoms with Crippen LogP contribution in [0.3, 0.4) is 0 Å². The molecule has 2 heterocycles. The number of nitrogens with zero attached hydrogens (tertiary/aromatic N) is 1. The van der Waals surface area contributed by atoms with Gasteiger partial charge in [0.2, 0.25) is 0 Å². The molecule has 0 aliphatic carbocycles. The molecule has 2 saturated heterocycles. The highest BCUT2D eigenvalue weighted by Crippen LogP contribution is 2.30. The van der Waals surface area contributed by atoms with E-state index in [1.54, 1.807) is 0 Å². The van der Waals surface area contributed by atoms with E-state index in [0.717, 1.165) is 18.1 Å². The molecule has 0 aromatic heterocycles. The van der Waals surface area contributed by atoms with Crippen molar-refractivity contribution in [3.05, 3.63) is 0 Å². The third kappa shape index (κ3) is 5.04. The maximum atomic E-state index is 3.78. The van der Waals surface area contributed by atoms with Crippen LogP contribution in [-0.4, -0.2) is 36.1 Å². The van der Waals surface area contributed by atoms with Crippen molar-refractivity contribution in [3.8, 4) is 0 Å². The number of hydrogen-bond acceptors (Lipinski definition) is 2. The summed E-state index contributed by atoms with van der Waals surface area (Å²) < 4.78 is 0. The molecule has 1 N–H and O–H groups in total. The summed E-state index contributed by atoms with van der Waals surface area (Å²) in [6.07, 6.45) is 15.5. The number of fused-ring (bicyclic) bond motifs is 2. The van der Waals surface area contributed by atoms with Crippen LogP contribution in [0.4, 0.5) is 0 Å². The fraction of sp³-hybridized carbons (Fsp3) is 1.00. The molecule has 2 aliphatic rings. The van der Waals surface area contributed by atoms with Gasteiger partial charge in [-0.25, -0.2) is 0 Å². The van der Waals surface area contributed by atoms with E-state index < -0.39 is 0 Å².